The van der Waals surface area contributed by atoms with Crippen LogP contribution in [0.1, 0.15) is 0 Å². The van der Waals surface area contributed by atoms with Gasteiger partial charge in [0.25, 0.3) is 0 Å². The highest BCUT2D eigenvalue weighted by Crippen LogP contribution is 2.40. The normalized spacial score (nSPS) is 11.3. The summed E-state index contributed by atoms with van der Waals surface area (Å²) in [6.45, 7) is 0. The fraction of sp³-hybridized carbons (Fsp3) is 0. The third-order valence-electron chi connectivity index (χ3n) is 17.1. The Balaban J connectivity index is 0.661. The van der Waals surface area contributed by atoms with Crippen LogP contribution >= 0.6 is 0 Å². The van der Waals surface area contributed by atoms with E-state index in [0.717, 1.165) is 94.6 Å². The standard InChI is InChI=1S/C84H54N8/c1-3-12-64(13-4-1)79-87-81(91-83(89-79)68-45-37-62(38-46-68)73-19-9-21-75-71(17-7-23-77(73)75)60-33-25-57(26-34-60)59-49-52-85-53-50-59)66-41-29-55(30-42-66)56-31-43-67(44-32-56)82-88-80(65-14-5-2-6-15-65)90-84(92-82)69-47-39-63(40-48-69)74-20-10-22-76-72(18-8-24-78(74)76)61-35-27-58(28-36-61)70-16-11-51-86-54-70/h1-54H. The summed E-state index contributed by atoms with van der Waals surface area (Å²) in [5.74, 6) is 3.59. The Morgan fingerprint density at radius 1 is 0.141 bits per heavy atom. The Bertz CT molecular complexity index is 4970. The lowest BCUT2D eigenvalue weighted by Crippen LogP contribution is -2.00. The molecule has 12 aromatic carbocycles. The lowest BCUT2D eigenvalue weighted by atomic mass is 9.92. The number of hydrogen-bond donors (Lipinski definition) is 0. The van der Waals surface area contributed by atoms with Crippen molar-refractivity contribution in [2.45, 2.75) is 0 Å². The molecular formula is C84H54N8. The minimum absolute atomic E-state index is 0.590. The molecule has 0 aliphatic carbocycles. The van der Waals surface area contributed by atoms with Gasteiger partial charge in [0.15, 0.2) is 34.9 Å². The van der Waals surface area contributed by atoms with E-state index in [1.165, 1.54) is 38.2 Å². The number of pyridine rings is 2. The zero-order chi connectivity index (χ0) is 61.2. The second-order valence-corrected chi connectivity index (χ2v) is 22.7. The molecule has 0 unspecified atom stereocenters. The monoisotopic (exact) mass is 1170 g/mol. The molecule has 16 rings (SSSR count). The number of benzene rings is 12. The second kappa shape index (κ2) is 24.2. The summed E-state index contributed by atoms with van der Waals surface area (Å²) in [7, 11) is 0. The fourth-order valence-corrected chi connectivity index (χ4v) is 12.3. The molecule has 0 saturated carbocycles. The van der Waals surface area contributed by atoms with Crippen LogP contribution in [0.4, 0.5) is 0 Å². The molecule has 0 radical (unpaired) electrons. The quantitative estimate of drug-likeness (QED) is 0.112. The lowest BCUT2D eigenvalue weighted by Gasteiger charge is -2.13. The largest absolute Gasteiger partial charge is 0.265 e. The maximum absolute atomic E-state index is 5.13. The van der Waals surface area contributed by atoms with E-state index in [0.29, 0.717) is 34.9 Å². The zero-order valence-electron chi connectivity index (χ0n) is 49.8. The van der Waals surface area contributed by atoms with Crippen molar-refractivity contribution in [2.24, 2.45) is 0 Å². The molecule has 92 heavy (non-hydrogen) atoms. The number of fused-ring (bicyclic) bond motifs is 2. The summed E-state index contributed by atoms with van der Waals surface area (Å²) in [5, 5.41) is 4.76. The van der Waals surface area contributed by atoms with Gasteiger partial charge in [0, 0.05) is 58.2 Å². The first-order valence-electron chi connectivity index (χ1n) is 30.7. The average Bonchev–Trinajstić information content (AvgIpc) is 3.14. The van der Waals surface area contributed by atoms with Gasteiger partial charge in [-0.25, -0.2) is 29.9 Å². The number of rotatable bonds is 13. The minimum atomic E-state index is 0.590. The molecule has 430 valence electrons. The topological polar surface area (TPSA) is 103 Å². The third kappa shape index (κ3) is 10.9. The highest BCUT2D eigenvalue weighted by Gasteiger charge is 2.18. The van der Waals surface area contributed by atoms with E-state index in [2.05, 4.69) is 234 Å². The van der Waals surface area contributed by atoms with Gasteiger partial charge in [0.2, 0.25) is 0 Å². The molecule has 8 heteroatoms. The molecule has 0 aliphatic heterocycles. The van der Waals surface area contributed by atoms with Gasteiger partial charge in [-0.1, -0.05) is 285 Å². The molecule has 16 aromatic rings. The summed E-state index contributed by atoms with van der Waals surface area (Å²) in [4.78, 5) is 39.0. The van der Waals surface area contributed by atoms with E-state index in [1.54, 1.807) is 6.20 Å². The maximum atomic E-state index is 5.13. The van der Waals surface area contributed by atoms with Crippen LogP contribution in [0, 0.1) is 0 Å². The zero-order valence-corrected chi connectivity index (χ0v) is 49.8. The first-order chi connectivity index (χ1) is 45.6. The Labute approximate surface area is 532 Å². The third-order valence-corrected chi connectivity index (χ3v) is 17.1. The van der Waals surface area contributed by atoms with Gasteiger partial charge in [0.05, 0.1) is 0 Å². The second-order valence-electron chi connectivity index (χ2n) is 22.7. The number of nitrogens with zero attached hydrogens (tertiary/aromatic N) is 8. The summed E-state index contributed by atoms with van der Waals surface area (Å²) in [6.07, 6.45) is 7.36. The van der Waals surface area contributed by atoms with Gasteiger partial charge in [-0.15, -0.1) is 0 Å². The molecule has 0 bridgehead atoms. The van der Waals surface area contributed by atoms with Gasteiger partial charge >= 0.3 is 0 Å². The first-order valence-corrected chi connectivity index (χ1v) is 30.7. The van der Waals surface area contributed by atoms with Crippen LogP contribution in [-0.2, 0) is 0 Å². The SMILES string of the molecule is c1ccc(-c2nc(-c3ccc(-c4ccc(-c5nc(-c6ccccc6)nc(-c6ccc(-c7cccc8c(-c9ccc(-c%10cccnc%10)cc9)cccc78)cc6)n5)cc4)cc3)nc(-c3ccc(-c4cccc5c(-c6ccc(-c7ccncc7)cc6)cccc45)cc3)n2)cc1. The molecule has 0 fully saturated rings. The van der Waals surface area contributed by atoms with Gasteiger partial charge in [-0.3, -0.25) is 9.97 Å². The molecule has 0 amide bonds. The maximum Gasteiger partial charge on any atom is 0.164 e. The van der Waals surface area contributed by atoms with Crippen molar-refractivity contribution in [3.63, 3.8) is 0 Å². The summed E-state index contributed by atoms with van der Waals surface area (Å²) in [6, 6.07) is 106. The van der Waals surface area contributed by atoms with E-state index >= 15 is 0 Å². The van der Waals surface area contributed by atoms with Gasteiger partial charge in [-0.2, -0.15) is 0 Å². The van der Waals surface area contributed by atoms with E-state index in [-0.39, 0.29) is 0 Å². The highest BCUT2D eigenvalue weighted by molar-refractivity contribution is 6.06. The van der Waals surface area contributed by atoms with Crippen molar-refractivity contribution in [2.75, 3.05) is 0 Å². The van der Waals surface area contributed by atoms with Crippen LogP contribution in [0.15, 0.2) is 328 Å². The van der Waals surface area contributed by atoms with E-state index in [1.807, 2.05) is 97.5 Å². The Kier molecular flexibility index (Phi) is 14.4. The molecule has 4 heterocycles. The van der Waals surface area contributed by atoms with Crippen molar-refractivity contribution < 1.29 is 0 Å². The van der Waals surface area contributed by atoms with Crippen LogP contribution < -0.4 is 0 Å². The van der Waals surface area contributed by atoms with Crippen LogP contribution in [-0.4, -0.2) is 39.9 Å². The smallest absolute Gasteiger partial charge is 0.164 e. The van der Waals surface area contributed by atoms with Gasteiger partial charge in [0.1, 0.15) is 0 Å². The van der Waals surface area contributed by atoms with Crippen molar-refractivity contribution in [3.05, 3.63) is 328 Å². The predicted octanol–water partition coefficient (Wildman–Crippen LogP) is 20.8. The first kappa shape index (κ1) is 54.8. The number of hydrogen-bond acceptors (Lipinski definition) is 8. The van der Waals surface area contributed by atoms with Crippen LogP contribution in [0.5, 0.6) is 0 Å². The molecular weight excluding hydrogens is 1120 g/mol. The molecule has 4 aromatic heterocycles. The molecule has 0 N–H and O–H groups in total. The summed E-state index contributed by atoms with van der Waals surface area (Å²) < 4.78 is 0. The van der Waals surface area contributed by atoms with Crippen molar-refractivity contribution in [1.82, 2.24) is 39.9 Å². The van der Waals surface area contributed by atoms with Gasteiger partial charge in [-0.05, 0) is 118 Å². The Morgan fingerprint density at radius 2 is 0.380 bits per heavy atom. The van der Waals surface area contributed by atoms with Crippen LogP contribution in [0.25, 0.3) is 168 Å². The summed E-state index contributed by atoms with van der Waals surface area (Å²) >= 11 is 0. The minimum Gasteiger partial charge on any atom is -0.265 e. The molecule has 0 saturated heterocycles. The Morgan fingerprint density at radius 3 is 0.663 bits per heavy atom. The number of aromatic nitrogens is 8. The van der Waals surface area contributed by atoms with E-state index < -0.39 is 0 Å². The summed E-state index contributed by atoms with van der Waals surface area (Å²) in [5.41, 5.74) is 21.3. The van der Waals surface area contributed by atoms with Crippen molar-refractivity contribution in [3.8, 4) is 146 Å². The van der Waals surface area contributed by atoms with E-state index in [4.69, 9.17) is 29.9 Å². The molecule has 0 atom stereocenters. The van der Waals surface area contributed by atoms with Crippen LogP contribution in [0.2, 0.25) is 0 Å². The van der Waals surface area contributed by atoms with Crippen molar-refractivity contribution >= 4 is 21.5 Å². The molecule has 0 aliphatic rings. The van der Waals surface area contributed by atoms with Crippen LogP contribution in [0.3, 0.4) is 0 Å². The molecule has 8 nitrogen and oxygen atoms in total. The molecule has 0 spiro atoms. The predicted molar refractivity (Wildman–Crippen MR) is 374 cm³/mol. The van der Waals surface area contributed by atoms with Crippen molar-refractivity contribution in [1.29, 1.82) is 0 Å². The van der Waals surface area contributed by atoms with Gasteiger partial charge < -0.3 is 0 Å². The average molecular weight is 1180 g/mol. The Hall–Kier alpha value is -12.5. The highest BCUT2D eigenvalue weighted by atomic mass is 15.0. The lowest BCUT2D eigenvalue weighted by molar-refractivity contribution is 1.07. The van der Waals surface area contributed by atoms with E-state index in [9.17, 15) is 0 Å². The fourth-order valence-electron chi connectivity index (χ4n) is 12.3.